The van der Waals surface area contributed by atoms with Crippen LogP contribution in [0.1, 0.15) is 16.7 Å². The van der Waals surface area contributed by atoms with Gasteiger partial charge in [-0.2, -0.15) is 13.5 Å². The molecular formula is C22H22N2O4S. The number of sulfonamides is 1. The summed E-state index contributed by atoms with van der Waals surface area (Å²) in [5.41, 5.74) is 2.67. The Morgan fingerprint density at radius 3 is 2.38 bits per heavy atom. The van der Waals surface area contributed by atoms with Gasteiger partial charge in [0.05, 0.1) is 18.2 Å². The Kier molecular flexibility index (Phi) is 6.51. The lowest BCUT2D eigenvalue weighted by atomic mass is 10.2. The summed E-state index contributed by atoms with van der Waals surface area (Å²) in [5.74, 6) is 1.13. The number of hydrogen-bond acceptors (Lipinski definition) is 5. The van der Waals surface area contributed by atoms with Gasteiger partial charge in [0.25, 0.3) is 10.0 Å². The summed E-state index contributed by atoms with van der Waals surface area (Å²) in [6, 6.07) is 21.6. The van der Waals surface area contributed by atoms with E-state index < -0.39 is 10.0 Å². The number of ether oxygens (including phenoxy) is 2. The van der Waals surface area contributed by atoms with Gasteiger partial charge in [-0.3, -0.25) is 0 Å². The number of nitrogens with one attached hydrogen (secondary N) is 1. The van der Waals surface area contributed by atoms with Gasteiger partial charge >= 0.3 is 0 Å². The van der Waals surface area contributed by atoms with Gasteiger partial charge < -0.3 is 9.47 Å². The van der Waals surface area contributed by atoms with Gasteiger partial charge in [0, 0.05) is 0 Å². The van der Waals surface area contributed by atoms with E-state index in [1.165, 1.54) is 18.3 Å². The molecule has 3 aromatic carbocycles. The van der Waals surface area contributed by atoms with E-state index in [9.17, 15) is 8.42 Å². The van der Waals surface area contributed by atoms with Crippen LogP contribution in [-0.4, -0.2) is 21.7 Å². The number of rotatable bonds is 8. The molecule has 0 fully saturated rings. The summed E-state index contributed by atoms with van der Waals surface area (Å²) in [6.45, 7) is 2.28. The van der Waals surface area contributed by atoms with Crippen molar-refractivity contribution in [1.29, 1.82) is 0 Å². The quantitative estimate of drug-likeness (QED) is 0.451. The predicted molar refractivity (Wildman–Crippen MR) is 113 cm³/mol. The first-order valence-electron chi connectivity index (χ1n) is 8.94. The van der Waals surface area contributed by atoms with Crippen molar-refractivity contribution >= 4 is 16.2 Å². The molecule has 3 aromatic rings. The minimum atomic E-state index is -3.72. The van der Waals surface area contributed by atoms with Crippen molar-refractivity contribution in [3.05, 3.63) is 89.5 Å². The Labute approximate surface area is 170 Å². The summed E-state index contributed by atoms with van der Waals surface area (Å²) in [6.07, 6.45) is 1.42. The lowest BCUT2D eigenvalue weighted by Crippen LogP contribution is -2.18. The molecule has 6 nitrogen and oxygen atoms in total. The fourth-order valence-corrected chi connectivity index (χ4v) is 3.35. The number of hydrogen-bond donors (Lipinski definition) is 1. The highest BCUT2D eigenvalue weighted by Gasteiger charge is 2.12. The van der Waals surface area contributed by atoms with Gasteiger partial charge in [0.1, 0.15) is 6.61 Å². The van der Waals surface area contributed by atoms with E-state index >= 15 is 0 Å². The van der Waals surface area contributed by atoms with Gasteiger partial charge in [0.15, 0.2) is 11.5 Å². The van der Waals surface area contributed by atoms with E-state index in [-0.39, 0.29) is 4.90 Å². The Morgan fingerprint density at radius 1 is 0.966 bits per heavy atom. The minimum Gasteiger partial charge on any atom is -0.493 e. The topological polar surface area (TPSA) is 77.0 Å². The zero-order chi connectivity index (χ0) is 20.7. The van der Waals surface area contributed by atoms with Gasteiger partial charge in [0.2, 0.25) is 0 Å². The normalized spacial score (nSPS) is 11.4. The average Bonchev–Trinajstić information content (AvgIpc) is 2.73. The number of methoxy groups -OCH3 is 1. The molecule has 0 aliphatic rings. The molecular weight excluding hydrogens is 388 g/mol. The monoisotopic (exact) mass is 410 g/mol. The number of aryl methyl sites for hydroxylation is 1. The van der Waals surface area contributed by atoms with Crippen LogP contribution in [0.2, 0.25) is 0 Å². The van der Waals surface area contributed by atoms with Crippen molar-refractivity contribution in [2.45, 2.75) is 18.4 Å². The van der Waals surface area contributed by atoms with Crippen molar-refractivity contribution in [3.63, 3.8) is 0 Å². The van der Waals surface area contributed by atoms with Gasteiger partial charge in [-0.05, 0) is 48.4 Å². The standard InChI is InChI=1S/C22H22N2O4S/c1-17-8-11-20(12-9-17)29(25,26)24-23-15-19-10-13-21(27-2)22(14-19)28-16-18-6-4-3-5-7-18/h3-15,24H,16H2,1-2H3/b23-15-. The van der Waals surface area contributed by atoms with E-state index in [2.05, 4.69) is 9.93 Å². The largest absolute Gasteiger partial charge is 0.493 e. The number of hydrazone groups is 1. The van der Waals surface area contributed by atoms with Crippen LogP contribution >= 0.6 is 0 Å². The molecule has 0 radical (unpaired) electrons. The summed E-state index contributed by atoms with van der Waals surface area (Å²) in [4.78, 5) is 2.37. The molecule has 1 N–H and O–H groups in total. The van der Waals surface area contributed by atoms with Crippen LogP contribution in [0.5, 0.6) is 11.5 Å². The van der Waals surface area contributed by atoms with Crippen LogP contribution in [0, 0.1) is 6.92 Å². The fraction of sp³-hybridized carbons (Fsp3) is 0.136. The van der Waals surface area contributed by atoms with E-state index in [0.717, 1.165) is 11.1 Å². The molecule has 0 aliphatic carbocycles. The van der Waals surface area contributed by atoms with Crippen molar-refractivity contribution in [1.82, 2.24) is 4.83 Å². The Bertz CT molecular complexity index is 1080. The molecule has 29 heavy (non-hydrogen) atoms. The molecule has 0 spiro atoms. The zero-order valence-electron chi connectivity index (χ0n) is 16.2. The van der Waals surface area contributed by atoms with Crippen molar-refractivity contribution < 1.29 is 17.9 Å². The second kappa shape index (κ2) is 9.25. The lowest BCUT2D eigenvalue weighted by Gasteiger charge is -2.11. The molecule has 3 rings (SSSR count). The molecule has 0 aliphatic heterocycles. The summed E-state index contributed by atoms with van der Waals surface area (Å²) in [5, 5.41) is 3.87. The highest BCUT2D eigenvalue weighted by Crippen LogP contribution is 2.28. The number of nitrogens with zero attached hydrogens (tertiary/aromatic N) is 1. The third kappa shape index (κ3) is 5.58. The summed E-state index contributed by atoms with van der Waals surface area (Å²) < 4.78 is 35.8. The Morgan fingerprint density at radius 2 is 1.69 bits per heavy atom. The molecule has 0 saturated heterocycles. The van der Waals surface area contributed by atoms with Gasteiger partial charge in [-0.15, -0.1) is 0 Å². The zero-order valence-corrected chi connectivity index (χ0v) is 17.0. The summed E-state index contributed by atoms with van der Waals surface area (Å²) in [7, 11) is -2.16. The SMILES string of the molecule is COc1ccc(/C=N\NS(=O)(=O)c2ccc(C)cc2)cc1OCc1ccccc1. The van der Waals surface area contributed by atoms with E-state index in [0.29, 0.717) is 23.7 Å². The third-order valence-corrected chi connectivity index (χ3v) is 5.38. The van der Waals surface area contributed by atoms with Crippen molar-refractivity contribution in [2.75, 3.05) is 7.11 Å². The maximum atomic E-state index is 12.3. The molecule has 150 valence electrons. The second-order valence-electron chi connectivity index (χ2n) is 6.35. The third-order valence-electron chi connectivity index (χ3n) is 4.14. The molecule has 0 heterocycles. The molecule has 0 atom stereocenters. The highest BCUT2D eigenvalue weighted by atomic mass is 32.2. The average molecular weight is 410 g/mol. The van der Waals surface area contributed by atoms with E-state index in [4.69, 9.17) is 9.47 Å². The van der Waals surface area contributed by atoms with Crippen LogP contribution in [0.15, 0.2) is 82.8 Å². The van der Waals surface area contributed by atoms with Crippen molar-refractivity contribution in [2.24, 2.45) is 5.10 Å². The first-order valence-corrected chi connectivity index (χ1v) is 10.4. The second-order valence-corrected chi connectivity index (χ2v) is 8.01. The number of benzene rings is 3. The predicted octanol–water partition coefficient (Wildman–Crippen LogP) is 3.90. The molecule has 0 aromatic heterocycles. The van der Waals surface area contributed by atoms with Gasteiger partial charge in [-0.1, -0.05) is 48.0 Å². The lowest BCUT2D eigenvalue weighted by molar-refractivity contribution is 0.284. The first-order chi connectivity index (χ1) is 14.0. The van der Waals surface area contributed by atoms with Crippen LogP contribution in [0.3, 0.4) is 0 Å². The molecule has 0 amide bonds. The van der Waals surface area contributed by atoms with Crippen LogP contribution in [0.4, 0.5) is 0 Å². The first kappa shape index (κ1) is 20.4. The smallest absolute Gasteiger partial charge is 0.276 e. The summed E-state index contributed by atoms with van der Waals surface area (Å²) >= 11 is 0. The van der Waals surface area contributed by atoms with Crippen LogP contribution in [0.25, 0.3) is 0 Å². The van der Waals surface area contributed by atoms with Crippen LogP contribution in [-0.2, 0) is 16.6 Å². The van der Waals surface area contributed by atoms with E-state index in [1.54, 1.807) is 37.4 Å². The maximum Gasteiger partial charge on any atom is 0.276 e. The minimum absolute atomic E-state index is 0.155. The Balaban J connectivity index is 1.71. The fourth-order valence-electron chi connectivity index (χ4n) is 2.56. The Hall–Kier alpha value is -3.32. The molecule has 7 heteroatoms. The molecule has 0 bridgehead atoms. The highest BCUT2D eigenvalue weighted by molar-refractivity contribution is 7.89. The maximum absolute atomic E-state index is 12.3. The van der Waals surface area contributed by atoms with E-state index in [1.807, 2.05) is 37.3 Å². The molecule has 0 unspecified atom stereocenters. The van der Waals surface area contributed by atoms with Gasteiger partial charge in [-0.25, -0.2) is 4.83 Å². The van der Waals surface area contributed by atoms with Crippen molar-refractivity contribution in [3.8, 4) is 11.5 Å². The molecule has 0 saturated carbocycles. The van der Waals surface area contributed by atoms with Crippen LogP contribution < -0.4 is 14.3 Å².